The predicted octanol–water partition coefficient (Wildman–Crippen LogP) is 2.59. The molecule has 4 nitrogen and oxygen atoms in total. The van der Waals surface area contributed by atoms with Gasteiger partial charge in [0, 0.05) is 11.6 Å². The molecule has 2 rings (SSSR count). The van der Waals surface area contributed by atoms with E-state index in [0.29, 0.717) is 5.56 Å². The van der Waals surface area contributed by atoms with E-state index in [1.54, 1.807) is 25.1 Å². The van der Waals surface area contributed by atoms with Gasteiger partial charge >= 0.3 is 6.61 Å². The summed E-state index contributed by atoms with van der Waals surface area (Å²) in [6, 6.07) is 5.92. The minimum absolute atomic E-state index is 0.0796. The summed E-state index contributed by atoms with van der Waals surface area (Å²) in [5.41, 5.74) is 6.43. The van der Waals surface area contributed by atoms with Gasteiger partial charge in [0.25, 0.3) is 0 Å². The van der Waals surface area contributed by atoms with E-state index >= 15 is 0 Å². The molecule has 0 bridgehead atoms. The molecule has 1 aliphatic rings. The minimum atomic E-state index is -2.89. The fourth-order valence-electron chi connectivity index (χ4n) is 2.75. The summed E-state index contributed by atoms with van der Waals surface area (Å²) >= 11 is 0. The van der Waals surface area contributed by atoms with Crippen molar-refractivity contribution in [1.29, 1.82) is 0 Å². The number of nitrogens with one attached hydrogen (secondary N) is 1. The molecule has 3 N–H and O–H groups in total. The minimum Gasteiger partial charge on any atom is -0.434 e. The summed E-state index contributed by atoms with van der Waals surface area (Å²) in [5, 5.41) is 2.84. The molecule has 0 heterocycles. The summed E-state index contributed by atoms with van der Waals surface area (Å²) in [6.07, 6.45) is 2.56. The molecular formula is C15H20F2N2O2. The highest BCUT2D eigenvalue weighted by Gasteiger charge is 2.31. The molecule has 1 aromatic rings. The summed E-state index contributed by atoms with van der Waals surface area (Å²) in [5.74, 6) is -0.244. The van der Waals surface area contributed by atoms with Gasteiger partial charge in [-0.05, 0) is 25.8 Å². The Hall–Kier alpha value is -1.69. The molecule has 0 aliphatic heterocycles. The van der Waals surface area contributed by atoms with Gasteiger partial charge in [-0.3, -0.25) is 4.79 Å². The Bertz CT molecular complexity index is 496. The van der Waals surface area contributed by atoms with E-state index in [-0.39, 0.29) is 23.6 Å². The second-order valence-corrected chi connectivity index (χ2v) is 5.35. The van der Waals surface area contributed by atoms with Crippen LogP contribution < -0.4 is 15.8 Å². The molecule has 116 valence electrons. The first-order valence-corrected chi connectivity index (χ1v) is 7.08. The summed E-state index contributed by atoms with van der Waals surface area (Å²) < 4.78 is 29.3. The molecule has 6 heteroatoms. The van der Waals surface area contributed by atoms with Crippen molar-refractivity contribution in [1.82, 2.24) is 5.32 Å². The van der Waals surface area contributed by atoms with E-state index in [2.05, 4.69) is 10.1 Å². The molecule has 0 saturated heterocycles. The number of carbonyl (C=O) groups is 1. The third kappa shape index (κ3) is 3.91. The Morgan fingerprint density at radius 2 is 2.10 bits per heavy atom. The average molecular weight is 298 g/mol. The first-order valence-electron chi connectivity index (χ1n) is 7.08. The number of rotatable bonds is 5. The van der Waals surface area contributed by atoms with Gasteiger partial charge in [0.2, 0.25) is 5.91 Å². The molecular weight excluding hydrogens is 278 g/mol. The fraction of sp³-hybridized carbons (Fsp3) is 0.533. The SMILES string of the molecule is CC(NC(=O)C1CCCC1N)c1ccccc1OC(F)F. The predicted molar refractivity (Wildman–Crippen MR) is 74.9 cm³/mol. The zero-order chi connectivity index (χ0) is 15.4. The smallest absolute Gasteiger partial charge is 0.387 e. The Morgan fingerprint density at radius 1 is 1.38 bits per heavy atom. The zero-order valence-corrected chi connectivity index (χ0v) is 11.9. The van der Waals surface area contributed by atoms with Crippen LogP contribution in [0.4, 0.5) is 8.78 Å². The number of hydrogen-bond acceptors (Lipinski definition) is 3. The van der Waals surface area contributed by atoms with Crippen LogP contribution in [-0.4, -0.2) is 18.6 Å². The topological polar surface area (TPSA) is 64.4 Å². The van der Waals surface area contributed by atoms with E-state index in [0.717, 1.165) is 19.3 Å². The van der Waals surface area contributed by atoms with Crippen LogP contribution in [-0.2, 0) is 4.79 Å². The number of benzene rings is 1. The number of amides is 1. The van der Waals surface area contributed by atoms with Crippen molar-refractivity contribution in [2.75, 3.05) is 0 Å². The van der Waals surface area contributed by atoms with Crippen molar-refractivity contribution in [3.05, 3.63) is 29.8 Å². The van der Waals surface area contributed by atoms with Crippen LogP contribution in [0.15, 0.2) is 24.3 Å². The largest absolute Gasteiger partial charge is 0.434 e. The average Bonchev–Trinajstić information content (AvgIpc) is 2.85. The number of alkyl halides is 2. The lowest BCUT2D eigenvalue weighted by atomic mass is 10.0. The number of para-hydroxylation sites is 1. The molecule has 3 unspecified atom stereocenters. The molecule has 1 fully saturated rings. The number of ether oxygens (including phenoxy) is 1. The number of nitrogens with two attached hydrogens (primary N) is 1. The molecule has 1 aliphatic carbocycles. The monoisotopic (exact) mass is 298 g/mol. The summed E-state index contributed by atoms with van der Waals surface area (Å²) in [6.45, 7) is -1.15. The highest BCUT2D eigenvalue weighted by Crippen LogP contribution is 2.28. The summed E-state index contributed by atoms with van der Waals surface area (Å²) in [4.78, 5) is 12.2. The normalized spacial score (nSPS) is 23.1. The van der Waals surface area contributed by atoms with Gasteiger partial charge in [0.1, 0.15) is 5.75 Å². The second kappa shape index (κ2) is 6.85. The van der Waals surface area contributed by atoms with Gasteiger partial charge in [-0.25, -0.2) is 0 Å². The Labute approximate surface area is 122 Å². The lowest BCUT2D eigenvalue weighted by Crippen LogP contribution is -2.39. The van der Waals surface area contributed by atoms with Gasteiger partial charge < -0.3 is 15.8 Å². The Kier molecular flexibility index (Phi) is 5.12. The van der Waals surface area contributed by atoms with E-state index in [1.807, 2.05) is 0 Å². The van der Waals surface area contributed by atoms with Crippen LogP contribution >= 0.6 is 0 Å². The highest BCUT2D eigenvalue weighted by molar-refractivity contribution is 5.80. The lowest BCUT2D eigenvalue weighted by Gasteiger charge is -2.21. The van der Waals surface area contributed by atoms with Crippen molar-refractivity contribution in [3.63, 3.8) is 0 Å². The van der Waals surface area contributed by atoms with Gasteiger partial charge in [-0.2, -0.15) is 8.78 Å². The van der Waals surface area contributed by atoms with Crippen LogP contribution in [0.2, 0.25) is 0 Å². The molecule has 0 aromatic heterocycles. The molecule has 1 amide bonds. The van der Waals surface area contributed by atoms with Crippen LogP contribution in [0, 0.1) is 5.92 Å². The molecule has 21 heavy (non-hydrogen) atoms. The third-order valence-corrected chi connectivity index (χ3v) is 3.87. The van der Waals surface area contributed by atoms with Crippen molar-refractivity contribution >= 4 is 5.91 Å². The van der Waals surface area contributed by atoms with Gasteiger partial charge in [0.15, 0.2) is 0 Å². The maximum atomic E-state index is 12.4. The standard InChI is InChI=1S/C15H20F2N2O2/c1-9(19-14(20)11-6-4-7-12(11)18)10-5-2-3-8-13(10)21-15(16)17/h2-3,5,8-9,11-12,15H,4,6-7,18H2,1H3,(H,19,20). The lowest BCUT2D eigenvalue weighted by molar-refractivity contribution is -0.125. The van der Waals surface area contributed by atoms with E-state index in [1.165, 1.54) is 6.07 Å². The second-order valence-electron chi connectivity index (χ2n) is 5.35. The van der Waals surface area contributed by atoms with Crippen molar-refractivity contribution in [2.24, 2.45) is 11.7 Å². The van der Waals surface area contributed by atoms with Crippen molar-refractivity contribution in [3.8, 4) is 5.75 Å². The highest BCUT2D eigenvalue weighted by atomic mass is 19.3. The molecule has 3 atom stereocenters. The third-order valence-electron chi connectivity index (χ3n) is 3.87. The fourth-order valence-corrected chi connectivity index (χ4v) is 2.75. The quantitative estimate of drug-likeness (QED) is 0.878. The first-order chi connectivity index (χ1) is 9.99. The molecule has 0 spiro atoms. The van der Waals surface area contributed by atoms with Crippen molar-refractivity contribution in [2.45, 2.75) is 44.9 Å². The molecule has 1 saturated carbocycles. The van der Waals surface area contributed by atoms with Crippen LogP contribution in [0.3, 0.4) is 0 Å². The van der Waals surface area contributed by atoms with Gasteiger partial charge in [-0.1, -0.05) is 24.6 Å². The van der Waals surface area contributed by atoms with E-state index < -0.39 is 12.7 Å². The van der Waals surface area contributed by atoms with Gasteiger partial charge in [-0.15, -0.1) is 0 Å². The first kappa shape index (κ1) is 15.7. The molecule has 0 radical (unpaired) electrons. The van der Waals surface area contributed by atoms with Crippen LogP contribution in [0.5, 0.6) is 5.75 Å². The van der Waals surface area contributed by atoms with Crippen LogP contribution in [0.1, 0.15) is 37.8 Å². The van der Waals surface area contributed by atoms with Crippen LogP contribution in [0.25, 0.3) is 0 Å². The Balaban J connectivity index is 2.06. The van der Waals surface area contributed by atoms with E-state index in [9.17, 15) is 13.6 Å². The number of carbonyl (C=O) groups excluding carboxylic acids is 1. The maximum absolute atomic E-state index is 12.4. The van der Waals surface area contributed by atoms with Crippen molar-refractivity contribution < 1.29 is 18.3 Å². The number of hydrogen-bond donors (Lipinski definition) is 2. The molecule has 1 aromatic carbocycles. The van der Waals surface area contributed by atoms with E-state index in [4.69, 9.17) is 5.73 Å². The maximum Gasteiger partial charge on any atom is 0.387 e. The zero-order valence-electron chi connectivity index (χ0n) is 11.9. The Morgan fingerprint density at radius 3 is 2.71 bits per heavy atom. The number of halogens is 2. The van der Waals surface area contributed by atoms with Gasteiger partial charge in [0.05, 0.1) is 12.0 Å². The summed E-state index contributed by atoms with van der Waals surface area (Å²) in [7, 11) is 0.